The first-order valence-corrected chi connectivity index (χ1v) is 12.3. The van der Waals surface area contributed by atoms with Gasteiger partial charge >= 0.3 is 6.09 Å². The number of azide groups is 1. The summed E-state index contributed by atoms with van der Waals surface area (Å²) in [6.45, 7) is 2.58. The van der Waals surface area contributed by atoms with Gasteiger partial charge in [0, 0.05) is 16.0 Å². The number of hydrogen-bond donors (Lipinski definition) is 1. The largest absolute Gasteiger partial charge is 0.486 e. The summed E-state index contributed by atoms with van der Waals surface area (Å²) in [6, 6.07) is 20.7. The van der Waals surface area contributed by atoms with Gasteiger partial charge in [-0.25, -0.2) is 9.69 Å². The van der Waals surface area contributed by atoms with Crippen molar-refractivity contribution in [3.8, 4) is 11.5 Å². The number of nitrogens with zero attached hydrogens (tertiary/aromatic N) is 4. The number of aliphatic hydroxyl groups excluding tert-OH is 1. The first-order chi connectivity index (χ1) is 18.5. The second kappa shape index (κ2) is 10.5. The fourth-order valence-electron chi connectivity index (χ4n) is 5.19. The topological polar surface area (TPSA) is 134 Å². The summed E-state index contributed by atoms with van der Waals surface area (Å²) in [6.07, 6.45) is -2.10. The van der Waals surface area contributed by atoms with Gasteiger partial charge in [0.15, 0.2) is 17.1 Å². The lowest BCUT2D eigenvalue weighted by molar-refractivity contribution is -0.133. The molecule has 1 saturated heterocycles. The molecule has 10 nitrogen and oxygen atoms in total. The molecule has 3 aromatic carbocycles. The van der Waals surface area contributed by atoms with E-state index in [1.165, 1.54) is 6.07 Å². The molecule has 0 bridgehead atoms. The SMILES string of the molecule is CC[C@@H]1N(C(=O)[C@@H](N=[N+]=[N-])[C@H](O)c2ccc3c(c2)OCCO3)C(=O)OC1(c1ccccc1)c1ccccc1. The van der Waals surface area contributed by atoms with Crippen molar-refractivity contribution in [3.63, 3.8) is 0 Å². The number of hydrogen-bond acceptors (Lipinski definition) is 7. The molecule has 0 radical (unpaired) electrons. The molecule has 0 aromatic heterocycles. The molecule has 3 atom stereocenters. The quantitative estimate of drug-likeness (QED) is 0.272. The van der Waals surface area contributed by atoms with Crippen LogP contribution in [0, 0.1) is 0 Å². The number of cyclic esters (lactones) is 1. The van der Waals surface area contributed by atoms with Gasteiger partial charge in [-0.05, 0) is 29.6 Å². The Labute approximate surface area is 219 Å². The van der Waals surface area contributed by atoms with E-state index in [-0.39, 0.29) is 5.56 Å². The van der Waals surface area contributed by atoms with Crippen molar-refractivity contribution in [2.75, 3.05) is 13.2 Å². The van der Waals surface area contributed by atoms with Gasteiger partial charge in [0.2, 0.25) is 5.91 Å². The third kappa shape index (κ3) is 4.19. The van der Waals surface area contributed by atoms with Crippen LogP contribution in [0.25, 0.3) is 10.4 Å². The Hall–Kier alpha value is -4.53. The number of imide groups is 1. The summed E-state index contributed by atoms with van der Waals surface area (Å²) in [5.41, 5.74) is 9.64. The second-order valence-electron chi connectivity index (χ2n) is 8.97. The average Bonchev–Trinajstić information content (AvgIpc) is 3.28. The third-order valence-electron chi connectivity index (χ3n) is 6.89. The molecule has 0 saturated carbocycles. The van der Waals surface area contributed by atoms with E-state index >= 15 is 0 Å². The van der Waals surface area contributed by atoms with Gasteiger partial charge in [0.05, 0.1) is 12.1 Å². The van der Waals surface area contributed by atoms with E-state index in [4.69, 9.17) is 14.2 Å². The van der Waals surface area contributed by atoms with Crippen molar-refractivity contribution < 1.29 is 28.9 Å². The van der Waals surface area contributed by atoms with Crippen LogP contribution in [0.3, 0.4) is 0 Å². The monoisotopic (exact) mass is 514 g/mol. The lowest BCUT2D eigenvalue weighted by atomic mass is 9.79. The Morgan fingerprint density at radius 3 is 2.24 bits per heavy atom. The van der Waals surface area contributed by atoms with Crippen LogP contribution in [-0.2, 0) is 15.1 Å². The van der Waals surface area contributed by atoms with E-state index in [2.05, 4.69) is 10.0 Å². The highest BCUT2D eigenvalue weighted by atomic mass is 16.6. The van der Waals surface area contributed by atoms with E-state index < -0.39 is 35.8 Å². The number of aliphatic hydroxyl groups is 1. The molecular weight excluding hydrogens is 488 g/mol. The summed E-state index contributed by atoms with van der Waals surface area (Å²) in [4.78, 5) is 31.1. The van der Waals surface area contributed by atoms with Gasteiger partial charge in [0.25, 0.3) is 0 Å². The molecule has 0 unspecified atom stereocenters. The maximum absolute atomic E-state index is 13.9. The molecule has 3 aromatic rings. The van der Waals surface area contributed by atoms with Gasteiger partial charge < -0.3 is 19.3 Å². The number of carbonyl (C=O) groups excluding carboxylic acids is 2. The van der Waals surface area contributed by atoms with E-state index in [0.29, 0.717) is 42.3 Å². The zero-order valence-corrected chi connectivity index (χ0v) is 20.6. The van der Waals surface area contributed by atoms with Crippen LogP contribution in [-0.4, -0.2) is 47.3 Å². The lowest BCUT2D eigenvalue weighted by Gasteiger charge is -2.35. The molecule has 2 heterocycles. The van der Waals surface area contributed by atoms with Crippen LogP contribution in [0.4, 0.5) is 4.79 Å². The zero-order valence-electron chi connectivity index (χ0n) is 20.6. The molecule has 194 valence electrons. The molecular formula is C28H26N4O6. The Morgan fingerprint density at radius 2 is 1.66 bits per heavy atom. The van der Waals surface area contributed by atoms with Crippen molar-refractivity contribution >= 4 is 12.0 Å². The fourth-order valence-corrected chi connectivity index (χ4v) is 5.19. The summed E-state index contributed by atoms with van der Waals surface area (Å²) < 4.78 is 17.2. The molecule has 10 heteroatoms. The predicted octanol–water partition coefficient (Wildman–Crippen LogP) is 4.87. The van der Waals surface area contributed by atoms with E-state index in [0.717, 1.165) is 4.90 Å². The summed E-state index contributed by atoms with van der Waals surface area (Å²) >= 11 is 0. The van der Waals surface area contributed by atoms with Crippen LogP contribution in [0.5, 0.6) is 11.5 Å². The van der Waals surface area contributed by atoms with Crippen molar-refractivity contribution in [2.24, 2.45) is 5.11 Å². The molecule has 1 fully saturated rings. The molecule has 38 heavy (non-hydrogen) atoms. The first kappa shape index (κ1) is 25.1. The summed E-state index contributed by atoms with van der Waals surface area (Å²) in [7, 11) is 0. The Bertz CT molecular complexity index is 1340. The highest BCUT2D eigenvalue weighted by Gasteiger charge is 2.58. The number of benzene rings is 3. The molecule has 2 aliphatic rings. The van der Waals surface area contributed by atoms with E-state index in [1.54, 1.807) is 12.1 Å². The Morgan fingerprint density at radius 1 is 1.05 bits per heavy atom. The highest BCUT2D eigenvalue weighted by Crippen LogP contribution is 2.46. The van der Waals surface area contributed by atoms with Gasteiger partial charge in [-0.2, -0.15) is 0 Å². The second-order valence-corrected chi connectivity index (χ2v) is 8.97. The Balaban J connectivity index is 1.55. The standard InChI is InChI=1S/C28H26N4O6/c1-2-23-28(19-9-5-3-6-10-19,20-11-7-4-8-12-20)38-27(35)32(23)26(34)24(30-31-29)25(33)18-13-14-21-22(17-18)37-16-15-36-21/h3-14,17,23-25,33H,2,15-16H2,1H3/t23-,24-,25+/m0/s1. The molecule has 0 spiro atoms. The maximum Gasteiger partial charge on any atom is 0.418 e. The minimum Gasteiger partial charge on any atom is -0.486 e. The van der Waals surface area contributed by atoms with Gasteiger partial charge in [-0.3, -0.25) is 4.79 Å². The van der Waals surface area contributed by atoms with Crippen LogP contribution >= 0.6 is 0 Å². The van der Waals surface area contributed by atoms with Crippen LogP contribution in [0.2, 0.25) is 0 Å². The number of fused-ring (bicyclic) bond motifs is 1. The number of carbonyl (C=O) groups is 2. The van der Waals surface area contributed by atoms with Gasteiger partial charge in [-0.1, -0.05) is 78.8 Å². The lowest BCUT2D eigenvalue weighted by Crippen LogP contribution is -2.50. The van der Waals surface area contributed by atoms with Crippen LogP contribution in [0.1, 0.15) is 36.1 Å². The van der Waals surface area contributed by atoms with Crippen molar-refractivity contribution in [3.05, 3.63) is 106 Å². The minimum absolute atomic E-state index is 0.276. The third-order valence-corrected chi connectivity index (χ3v) is 6.89. The van der Waals surface area contributed by atoms with Crippen molar-refractivity contribution in [1.82, 2.24) is 4.90 Å². The number of amides is 2. The summed E-state index contributed by atoms with van der Waals surface area (Å²) in [5.74, 6) is 0.0402. The number of ether oxygens (including phenoxy) is 3. The van der Waals surface area contributed by atoms with Gasteiger partial charge in [-0.15, -0.1) is 0 Å². The molecule has 2 amide bonds. The molecule has 0 aliphatic carbocycles. The maximum atomic E-state index is 13.9. The minimum atomic E-state index is -1.63. The van der Waals surface area contributed by atoms with E-state index in [9.17, 15) is 20.2 Å². The number of rotatable bonds is 7. The predicted molar refractivity (Wildman–Crippen MR) is 136 cm³/mol. The van der Waals surface area contributed by atoms with Crippen LogP contribution < -0.4 is 9.47 Å². The zero-order chi connectivity index (χ0) is 26.7. The molecule has 5 rings (SSSR count). The summed E-state index contributed by atoms with van der Waals surface area (Å²) in [5, 5.41) is 14.8. The van der Waals surface area contributed by atoms with Crippen LogP contribution in [0.15, 0.2) is 84.0 Å². The first-order valence-electron chi connectivity index (χ1n) is 12.3. The molecule has 1 N–H and O–H groups in total. The van der Waals surface area contributed by atoms with Crippen molar-refractivity contribution in [2.45, 2.75) is 37.1 Å². The van der Waals surface area contributed by atoms with Gasteiger partial charge in [0.1, 0.15) is 19.3 Å². The van der Waals surface area contributed by atoms with Crippen molar-refractivity contribution in [1.29, 1.82) is 0 Å². The molecule has 2 aliphatic heterocycles. The average molecular weight is 515 g/mol. The smallest absolute Gasteiger partial charge is 0.418 e. The normalized spacial score (nSPS) is 19.2. The Kier molecular flexibility index (Phi) is 6.91. The van der Waals surface area contributed by atoms with E-state index in [1.807, 2.05) is 67.6 Å². The highest BCUT2D eigenvalue weighted by molar-refractivity contribution is 5.98. The fraction of sp³-hybridized carbons (Fsp3) is 0.286.